The summed E-state index contributed by atoms with van der Waals surface area (Å²) in [5.74, 6) is 1.58. The first-order valence-electron chi connectivity index (χ1n) is 8.07. The van der Waals surface area contributed by atoms with E-state index in [4.69, 9.17) is 14.2 Å². The van der Waals surface area contributed by atoms with E-state index in [0.717, 1.165) is 54.6 Å². The molecule has 1 saturated heterocycles. The number of hydrogen-bond acceptors (Lipinski definition) is 5. The third kappa shape index (κ3) is 3.34. The van der Waals surface area contributed by atoms with Gasteiger partial charge in [-0.25, -0.2) is 0 Å². The number of rotatable bonds is 4. The van der Waals surface area contributed by atoms with Gasteiger partial charge in [-0.2, -0.15) is 0 Å². The van der Waals surface area contributed by atoms with Crippen LogP contribution in [-0.2, 0) is 4.74 Å². The van der Waals surface area contributed by atoms with Crippen molar-refractivity contribution in [2.45, 2.75) is 32.3 Å². The van der Waals surface area contributed by atoms with Crippen LogP contribution in [0.15, 0.2) is 35.1 Å². The fourth-order valence-electron chi connectivity index (χ4n) is 3.05. The van der Waals surface area contributed by atoms with E-state index in [9.17, 15) is 0 Å². The molecule has 0 aromatic heterocycles. The minimum Gasteiger partial charge on any atom is -0.497 e. The van der Waals surface area contributed by atoms with Gasteiger partial charge in [-0.1, -0.05) is 0 Å². The quantitative estimate of drug-likeness (QED) is 0.854. The standard InChI is InChI=1S/C18H24N2O3/c1-13-11-19-15(17-6-4-5-9-23-17)12-20(13)16-8-7-14(21-2)10-18(16)22-3/h7-8,10-11,17H,4-6,9,12H2,1-3H3. The SMILES string of the molecule is COc1ccc(N2CC(C3CCCCO3)=NC=C2C)c(OC)c1. The smallest absolute Gasteiger partial charge is 0.146 e. The van der Waals surface area contributed by atoms with Crippen molar-refractivity contribution in [2.75, 3.05) is 32.3 Å². The number of benzene rings is 1. The van der Waals surface area contributed by atoms with Crippen LogP contribution in [0, 0.1) is 0 Å². The first-order valence-corrected chi connectivity index (χ1v) is 8.07. The van der Waals surface area contributed by atoms with Crippen molar-refractivity contribution in [2.24, 2.45) is 4.99 Å². The van der Waals surface area contributed by atoms with Crippen molar-refractivity contribution < 1.29 is 14.2 Å². The topological polar surface area (TPSA) is 43.3 Å². The Morgan fingerprint density at radius 2 is 2.09 bits per heavy atom. The summed E-state index contributed by atoms with van der Waals surface area (Å²) in [6.45, 7) is 3.62. The van der Waals surface area contributed by atoms with Crippen molar-refractivity contribution in [1.29, 1.82) is 0 Å². The fourth-order valence-corrected chi connectivity index (χ4v) is 3.05. The molecule has 1 unspecified atom stereocenters. The molecule has 0 spiro atoms. The van der Waals surface area contributed by atoms with Crippen LogP contribution in [0.2, 0.25) is 0 Å². The monoisotopic (exact) mass is 316 g/mol. The molecule has 2 heterocycles. The maximum absolute atomic E-state index is 5.89. The molecule has 2 aliphatic heterocycles. The van der Waals surface area contributed by atoms with Crippen LogP contribution < -0.4 is 14.4 Å². The minimum atomic E-state index is 0.139. The molecule has 1 atom stereocenters. The van der Waals surface area contributed by atoms with Crippen molar-refractivity contribution in [1.82, 2.24) is 0 Å². The van der Waals surface area contributed by atoms with E-state index < -0.39 is 0 Å². The second-order valence-electron chi connectivity index (χ2n) is 5.87. The maximum atomic E-state index is 5.89. The number of nitrogens with zero attached hydrogens (tertiary/aromatic N) is 2. The molecule has 1 fully saturated rings. The van der Waals surface area contributed by atoms with Gasteiger partial charge in [-0.05, 0) is 38.3 Å². The van der Waals surface area contributed by atoms with Crippen LogP contribution in [0.3, 0.4) is 0 Å². The highest BCUT2D eigenvalue weighted by Crippen LogP contribution is 2.35. The van der Waals surface area contributed by atoms with Gasteiger partial charge in [0.1, 0.15) is 11.5 Å². The van der Waals surface area contributed by atoms with Crippen molar-refractivity contribution in [3.05, 3.63) is 30.1 Å². The Bertz CT molecular complexity index is 619. The van der Waals surface area contributed by atoms with Crippen LogP contribution in [0.1, 0.15) is 26.2 Å². The molecule has 2 aliphatic rings. The molecule has 1 aromatic carbocycles. The lowest BCUT2D eigenvalue weighted by Crippen LogP contribution is -2.39. The second kappa shape index (κ2) is 7.04. The largest absolute Gasteiger partial charge is 0.497 e. The summed E-state index contributed by atoms with van der Waals surface area (Å²) in [6.07, 6.45) is 5.46. The summed E-state index contributed by atoms with van der Waals surface area (Å²) >= 11 is 0. The van der Waals surface area contributed by atoms with E-state index in [1.807, 2.05) is 24.4 Å². The third-order valence-corrected chi connectivity index (χ3v) is 4.39. The lowest BCUT2D eigenvalue weighted by molar-refractivity contribution is 0.0578. The molecule has 0 N–H and O–H groups in total. The Labute approximate surface area is 137 Å². The van der Waals surface area contributed by atoms with Crippen LogP contribution in [0.4, 0.5) is 5.69 Å². The van der Waals surface area contributed by atoms with E-state index in [1.54, 1.807) is 14.2 Å². The number of allylic oxidation sites excluding steroid dienone is 1. The predicted octanol–water partition coefficient (Wildman–Crippen LogP) is 3.40. The third-order valence-electron chi connectivity index (χ3n) is 4.39. The molecule has 124 valence electrons. The summed E-state index contributed by atoms with van der Waals surface area (Å²) in [5.41, 5.74) is 3.20. The molecule has 5 heteroatoms. The highest BCUT2D eigenvalue weighted by atomic mass is 16.5. The lowest BCUT2D eigenvalue weighted by atomic mass is 10.0. The number of anilines is 1. The number of aliphatic imine (C=N–C) groups is 1. The molecular formula is C18H24N2O3. The molecule has 0 bridgehead atoms. The molecule has 3 rings (SSSR count). The van der Waals surface area contributed by atoms with Gasteiger partial charge in [0, 0.05) is 24.6 Å². The molecule has 0 radical (unpaired) electrons. The zero-order chi connectivity index (χ0) is 16.2. The highest BCUT2D eigenvalue weighted by molar-refractivity contribution is 5.95. The van der Waals surface area contributed by atoms with Gasteiger partial charge < -0.3 is 19.1 Å². The Morgan fingerprint density at radius 1 is 1.22 bits per heavy atom. The van der Waals surface area contributed by atoms with E-state index in [2.05, 4.69) is 16.8 Å². The van der Waals surface area contributed by atoms with E-state index >= 15 is 0 Å². The first kappa shape index (κ1) is 15.9. The van der Waals surface area contributed by atoms with Crippen LogP contribution in [-0.4, -0.2) is 39.2 Å². The van der Waals surface area contributed by atoms with Crippen molar-refractivity contribution in [3.63, 3.8) is 0 Å². The van der Waals surface area contributed by atoms with Gasteiger partial charge in [0.15, 0.2) is 0 Å². The Balaban J connectivity index is 1.86. The van der Waals surface area contributed by atoms with Gasteiger partial charge in [-0.15, -0.1) is 0 Å². The summed E-state index contributed by atoms with van der Waals surface area (Å²) in [5, 5.41) is 0. The van der Waals surface area contributed by atoms with Crippen LogP contribution in [0.25, 0.3) is 0 Å². The Morgan fingerprint density at radius 3 is 2.78 bits per heavy atom. The van der Waals surface area contributed by atoms with Gasteiger partial charge in [0.25, 0.3) is 0 Å². The normalized spacial score (nSPS) is 21.5. The molecule has 23 heavy (non-hydrogen) atoms. The summed E-state index contributed by atoms with van der Waals surface area (Å²) in [4.78, 5) is 6.84. The summed E-state index contributed by atoms with van der Waals surface area (Å²) in [6, 6.07) is 5.89. The summed E-state index contributed by atoms with van der Waals surface area (Å²) < 4.78 is 16.7. The molecule has 0 amide bonds. The number of ether oxygens (including phenoxy) is 3. The maximum Gasteiger partial charge on any atom is 0.146 e. The Kier molecular flexibility index (Phi) is 4.86. The average molecular weight is 316 g/mol. The highest BCUT2D eigenvalue weighted by Gasteiger charge is 2.26. The number of hydrogen-bond donors (Lipinski definition) is 0. The molecule has 0 saturated carbocycles. The van der Waals surface area contributed by atoms with Crippen LogP contribution >= 0.6 is 0 Å². The molecular weight excluding hydrogens is 292 g/mol. The van der Waals surface area contributed by atoms with Gasteiger partial charge in [0.2, 0.25) is 0 Å². The van der Waals surface area contributed by atoms with Crippen LogP contribution in [0.5, 0.6) is 11.5 Å². The number of methoxy groups -OCH3 is 2. The zero-order valence-electron chi connectivity index (χ0n) is 14.0. The minimum absolute atomic E-state index is 0.139. The first-order chi connectivity index (χ1) is 11.2. The van der Waals surface area contributed by atoms with Crippen molar-refractivity contribution in [3.8, 4) is 11.5 Å². The van der Waals surface area contributed by atoms with Gasteiger partial charge >= 0.3 is 0 Å². The van der Waals surface area contributed by atoms with E-state index in [1.165, 1.54) is 6.42 Å². The molecule has 0 aliphatic carbocycles. The Hall–Kier alpha value is -2.01. The second-order valence-corrected chi connectivity index (χ2v) is 5.87. The molecule has 5 nitrogen and oxygen atoms in total. The molecule has 1 aromatic rings. The van der Waals surface area contributed by atoms with Crippen molar-refractivity contribution >= 4 is 11.4 Å². The van der Waals surface area contributed by atoms with E-state index in [0.29, 0.717) is 0 Å². The lowest BCUT2D eigenvalue weighted by Gasteiger charge is -2.33. The zero-order valence-corrected chi connectivity index (χ0v) is 14.0. The van der Waals surface area contributed by atoms with E-state index in [-0.39, 0.29) is 6.10 Å². The predicted molar refractivity (Wildman–Crippen MR) is 91.7 cm³/mol. The fraction of sp³-hybridized carbons (Fsp3) is 0.500. The van der Waals surface area contributed by atoms with Gasteiger partial charge in [0.05, 0.1) is 38.3 Å². The average Bonchev–Trinajstić information content (AvgIpc) is 2.62. The van der Waals surface area contributed by atoms with Gasteiger partial charge in [-0.3, -0.25) is 4.99 Å². The summed E-state index contributed by atoms with van der Waals surface area (Å²) in [7, 11) is 3.34.